The summed E-state index contributed by atoms with van der Waals surface area (Å²) in [6.07, 6.45) is 3.21. The minimum Gasteiger partial charge on any atom is -0.497 e. The summed E-state index contributed by atoms with van der Waals surface area (Å²) in [5.41, 5.74) is 5.63. The number of methoxy groups -OCH3 is 2. The molecule has 2 fully saturated rings. The van der Waals surface area contributed by atoms with E-state index in [-0.39, 0.29) is 5.78 Å². The van der Waals surface area contributed by atoms with Gasteiger partial charge < -0.3 is 14.2 Å². The van der Waals surface area contributed by atoms with Crippen molar-refractivity contribution in [1.29, 1.82) is 0 Å². The maximum absolute atomic E-state index is 15.1. The molecular formula is C38H32O4. The molecule has 1 aliphatic heterocycles. The third kappa shape index (κ3) is 3.15. The molecule has 1 heterocycles. The molecular weight excluding hydrogens is 520 g/mol. The van der Waals surface area contributed by atoms with E-state index in [1.165, 1.54) is 5.57 Å². The molecule has 0 amide bonds. The number of hydrogen-bond acceptors (Lipinski definition) is 4. The van der Waals surface area contributed by atoms with Crippen LogP contribution in [0.5, 0.6) is 11.5 Å². The van der Waals surface area contributed by atoms with Gasteiger partial charge in [-0.1, -0.05) is 84.9 Å². The van der Waals surface area contributed by atoms with Crippen LogP contribution in [-0.4, -0.2) is 25.6 Å². The summed E-state index contributed by atoms with van der Waals surface area (Å²) in [7, 11) is 3.37. The number of Topliss-reactive ketones (excluding diaryl/α,β-unsaturated/α-hetero) is 1. The Bertz CT molecular complexity index is 1760. The van der Waals surface area contributed by atoms with Crippen LogP contribution in [0.15, 0.2) is 109 Å². The van der Waals surface area contributed by atoms with Crippen molar-refractivity contribution in [2.24, 2.45) is 10.8 Å². The summed E-state index contributed by atoms with van der Waals surface area (Å²) in [5, 5.41) is 0. The van der Waals surface area contributed by atoms with Gasteiger partial charge in [0.2, 0.25) is 0 Å². The van der Waals surface area contributed by atoms with Crippen LogP contribution in [0.3, 0.4) is 0 Å². The van der Waals surface area contributed by atoms with Gasteiger partial charge in [0.1, 0.15) is 17.3 Å². The zero-order valence-corrected chi connectivity index (χ0v) is 23.9. The Morgan fingerprint density at radius 1 is 0.548 bits per heavy atom. The highest BCUT2D eigenvalue weighted by atomic mass is 16.5. The van der Waals surface area contributed by atoms with Crippen molar-refractivity contribution < 1.29 is 19.0 Å². The van der Waals surface area contributed by atoms with E-state index in [2.05, 4.69) is 66.7 Å². The van der Waals surface area contributed by atoms with Gasteiger partial charge in [-0.3, -0.25) is 4.79 Å². The molecule has 4 aliphatic rings. The Balaban J connectivity index is 1.49. The summed E-state index contributed by atoms with van der Waals surface area (Å²) in [5.74, 6) is 2.65. The highest BCUT2D eigenvalue weighted by Gasteiger charge is 2.80. The average Bonchev–Trinajstić information content (AvgIpc) is 3.81. The molecule has 3 aliphatic carbocycles. The number of allylic oxidation sites excluding steroid dienone is 1. The highest BCUT2D eigenvalue weighted by molar-refractivity contribution is 6.23. The third-order valence-electron chi connectivity index (χ3n) is 10.0. The molecule has 4 aromatic rings. The van der Waals surface area contributed by atoms with Crippen LogP contribution in [0.4, 0.5) is 0 Å². The van der Waals surface area contributed by atoms with Gasteiger partial charge >= 0.3 is 0 Å². The van der Waals surface area contributed by atoms with E-state index in [1.807, 2.05) is 42.5 Å². The van der Waals surface area contributed by atoms with E-state index >= 15 is 4.79 Å². The van der Waals surface area contributed by atoms with Gasteiger partial charge in [0.15, 0.2) is 11.4 Å². The number of carbonyl (C=O) groups is 1. The quantitative estimate of drug-likeness (QED) is 0.242. The van der Waals surface area contributed by atoms with Crippen LogP contribution in [0, 0.1) is 10.8 Å². The Kier molecular flexibility index (Phi) is 5.37. The standard InChI is InChI=1S/C38H32O4/c1-40-29-17-13-26(14-18-29)31-32(25-9-5-3-6-10-25)37-23-24-38(37,35(39)36(31)21-22-36)42-34(28-11-7-4-8-12-28)33(37)27-15-19-30(41-2)20-16-27/h3-20H,21-24H2,1-2H3. The monoisotopic (exact) mass is 552 g/mol. The van der Waals surface area contributed by atoms with Crippen LogP contribution < -0.4 is 9.47 Å². The smallest absolute Gasteiger partial charge is 0.188 e. The summed E-state index contributed by atoms with van der Waals surface area (Å²) in [6.45, 7) is 0. The van der Waals surface area contributed by atoms with E-state index in [9.17, 15) is 0 Å². The first-order valence-corrected chi connectivity index (χ1v) is 14.7. The molecule has 2 atom stereocenters. The molecule has 8 rings (SSSR count). The first-order valence-electron chi connectivity index (χ1n) is 14.7. The predicted molar refractivity (Wildman–Crippen MR) is 165 cm³/mol. The van der Waals surface area contributed by atoms with Crippen LogP contribution in [-0.2, 0) is 9.53 Å². The lowest BCUT2D eigenvalue weighted by molar-refractivity contribution is -0.160. The van der Waals surface area contributed by atoms with Crippen molar-refractivity contribution in [2.75, 3.05) is 14.2 Å². The van der Waals surface area contributed by atoms with Crippen LogP contribution in [0.25, 0.3) is 22.5 Å². The van der Waals surface area contributed by atoms with Gasteiger partial charge in [-0.05, 0) is 77.8 Å². The van der Waals surface area contributed by atoms with Crippen LogP contribution >= 0.6 is 0 Å². The topological polar surface area (TPSA) is 44.8 Å². The van der Waals surface area contributed by atoms with E-state index in [1.54, 1.807) is 14.2 Å². The van der Waals surface area contributed by atoms with Crippen molar-refractivity contribution in [2.45, 2.75) is 31.3 Å². The summed E-state index contributed by atoms with van der Waals surface area (Å²) in [4.78, 5) is 15.1. The highest BCUT2D eigenvalue weighted by Crippen LogP contribution is 2.80. The lowest BCUT2D eigenvalue weighted by atomic mass is 9.42. The Morgan fingerprint density at radius 3 is 1.52 bits per heavy atom. The SMILES string of the molecule is COc1ccc(C2=C(c3ccccc3)C34CCC3(OC(c3ccccc3)=C4c3ccc(OC)cc3)C(=O)C23CC3)cc1. The van der Waals surface area contributed by atoms with Gasteiger partial charge in [-0.2, -0.15) is 0 Å². The van der Waals surface area contributed by atoms with Gasteiger partial charge in [-0.15, -0.1) is 0 Å². The fraction of sp³-hybridized carbons (Fsp3) is 0.237. The lowest BCUT2D eigenvalue weighted by Crippen LogP contribution is -2.66. The Morgan fingerprint density at radius 2 is 1.05 bits per heavy atom. The van der Waals surface area contributed by atoms with E-state index in [4.69, 9.17) is 14.2 Å². The van der Waals surface area contributed by atoms with Gasteiger partial charge in [-0.25, -0.2) is 0 Å². The van der Waals surface area contributed by atoms with E-state index in [0.29, 0.717) is 6.42 Å². The number of ketones is 1. The zero-order chi connectivity index (χ0) is 28.5. The second-order valence-corrected chi connectivity index (χ2v) is 11.9. The van der Waals surface area contributed by atoms with Crippen LogP contribution in [0.1, 0.15) is 47.9 Å². The van der Waals surface area contributed by atoms with Crippen molar-refractivity contribution in [3.8, 4) is 11.5 Å². The molecule has 4 heteroatoms. The fourth-order valence-corrected chi connectivity index (χ4v) is 7.95. The van der Waals surface area contributed by atoms with E-state index in [0.717, 1.165) is 69.9 Å². The average molecular weight is 553 g/mol. The molecule has 4 nitrogen and oxygen atoms in total. The molecule has 0 radical (unpaired) electrons. The molecule has 0 saturated heterocycles. The second kappa shape index (κ2) is 8.96. The minimum atomic E-state index is -0.939. The van der Waals surface area contributed by atoms with Crippen molar-refractivity contribution in [1.82, 2.24) is 0 Å². The lowest BCUT2D eigenvalue weighted by Gasteiger charge is -2.60. The zero-order valence-electron chi connectivity index (χ0n) is 23.9. The first kappa shape index (κ1) is 25.2. The largest absolute Gasteiger partial charge is 0.497 e. The molecule has 1 spiro atoms. The number of hydrogen-bond donors (Lipinski definition) is 0. The predicted octanol–water partition coefficient (Wildman–Crippen LogP) is 8.10. The van der Waals surface area contributed by atoms with Crippen molar-refractivity contribution >= 4 is 28.3 Å². The summed E-state index contributed by atoms with van der Waals surface area (Å²) >= 11 is 0. The third-order valence-corrected chi connectivity index (χ3v) is 10.0. The molecule has 42 heavy (non-hydrogen) atoms. The Labute approximate surface area is 246 Å². The fourth-order valence-electron chi connectivity index (χ4n) is 7.95. The molecule has 0 bridgehead atoms. The molecule has 0 aromatic heterocycles. The number of ether oxygens (including phenoxy) is 3. The summed E-state index contributed by atoms with van der Waals surface area (Å²) in [6, 6.07) is 37.5. The number of benzene rings is 4. The van der Waals surface area contributed by atoms with Gasteiger partial charge in [0.25, 0.3) is 0 Å². The molecule has 2 saturated carbocycles. The second-order valence-electron chi connectivity index (χ2n) is 11.9. The maximum Gasteiger partial charge on any atom is 0.188 e. The molecule has 208 valence electrons. The molecule has 0 N–H and O–H groups in total. The molecule has 4 aromatic carbocycles. The maximum atomic E-state index is 15.1. The molecule has 2 unspecified atom stereocenters. The Hall–Kier alpha value is -4.57. The minimum absolute atomic E-state index is 0.240. The summed E-state index contributed by atoms with van der Waals surface area (Å²) < 4.78 is 18.2. The van der Waals surface area contributed by atoms with Crippen molar-refractivity contribution in [3.05, 3.63) is 131 Å². The number of rotatable bonds is 6. The van der Waals surface area contributed by atoms with Gasteiger partial charge in [0.05, 0.1) is 25.0 Å². The van der Waals surface area contributed by atoms with Crippen LogP contribution in [0.2, 0.25) is 0 Å². The normalized spacial score (nSPS) is 25.0. The first-order chi connectivity index (χ1) is 20.6. The van der Waals surface area contributed by atoms with Crippen molar-refractivity contribution in [3.63, 3.8) is 0 Å². The van der Waals surface area contributed by atoms with Gasteiger partial charge in [0, 0.05) is 11.1 Å². The number of carbonyl (C=O) groups excluding carboxylic acids is 1. The van der Waals surface area contributed by atoms with E-state index < -0.39 is 16.4 Å².